The minimum absolute atomic E-state index is 0.145. The number of carbonyl (C=O) groups is 1. The van der Waals surface area contributed by atoms with E-state index in [0.29, 0.717) is 12.1 Å². The Kier molecular flexibility index (Phi) is 4.19. The number of halogens is 1. The largest absolute Gasteiger partial charge is 0.398 e. The van der Waals surface area contributed by atoms with Crippen LogP contribution in [0.25, 0.3) is 0 Å². The Labute approximate surface area is 122 Å². The van der Waals surface area contributed by atoms with Crippen LogP contribution in [-0.2, 0) is 6.54 Å². The molecule has 106 valence electrons. The third-order valence-corrected chi connectivity index (χ3v) is 3.10. The van der Waals surface area contributed by atoms with Crippen LogP contribution >= 0.6 is 0 Å². The zero-order valence-corrected chi connectivity index (χ0v) is 11.5. The molecule has 0 radical (unpaired) electrons. The van der Waals surface area contributed by atoms with Crippen LogP contribution in [0.5, 0.6) is 0 Å². The average Bonchev–Trinajstić information content (AvgIpc) is 2.49. The van der Waals surface area contributed by atoms with Crippen molar-refractivity contribution in [3.8, 4) is 6.07 Å². The van der Waals surface area contributed by atoms with E-state index in [1.165, 1.54) is 17.0 Å². The Morgan fingerprint density at radius 2 is 1.95 bits per heavy atom. The highest BCUT2D eigenvalue weighted by Crippen LogP contribution is 2.16. The molecular formula is C16H14FN3O. The van der Waals surface area contributed by atoms with Gasteiger partial charge in [0.1, 0.15) is 5.82 Å². The van der Waals surface area contributed by atoms with Crippen molar-refractivity contribution in [2.75, 3.05) is 12.8 Å². The van der Waals surface area contributed by atoms with Crippen molar-refractivity contribution in [3.63, 3.8) is 0 Å². The summed E-state index contributed by atoms with van der Waals surface area (Å²) in [6.07, 6.45) is 0. The molecule has 0 aliphatic rings. The van der Waals surface area contributed by atoms with E-state index in [2.05, 4.69) is 0 Å². The van der Waals surface area contributed by atoms with Crippen LogP contribution in [0.1, 0.15) is 21.5 Å². The van der Waals surface area contributed by atoms with Crippen molar-refractivity contribution in [2.45, 2.75) is 6.54 Å². The lowest BCUT2D eigenvalue weighted by Gasteiger charge is -2.18. The average molecular weight is 283 g/mol. The normalized spacial score (nSPS) is 9.95. The molecule has 0 aliphatic heterocycles. The molecule has 0 heterocycles. The number of amides is 1. The number of nitrogen functional groups attached to an aromatic ring is 1. The van der Waals surface area contributed by atoms with E-state index in [4.69, 9.17) is 11.0 Å². The zero-order valence-electron chi connectivity index (χ0n) is 11.5. The second-order valence-corrected chi connectivity index (χ2v) is 4.70. The van der Waals surface area contributed by atoms with E-state index >= 15 is 0 Å². The van der Waals surface area contributed by atoms with E-state index < -0.39 is 5.82 Å². The number of anilines is 1. The van der Waals surface area contributed by atoms with Crippen molar-refractivity contribution >= 4 is 11.6 Å². The summed E-state index contributed by atoms with van der Waals surface area (Å²) in [4.78, 5) is 13.7. The van der Waals surface area contributed by atoms with Gasteiger partial charge in [0.25, 0.3) is 5.91 Å². The van der Waals surface area contributed by atoms with Crippen LogP contribution in [0.2, 0.25) is 0 Å². The Morgan fingerprint density at radius 3 is 2.57 bits per heavy atom. The maximum atomic E-state index is 13.2. The van der Waals surface area contributed by atoms with Gasteiger partial charge in [0, 0.05) is 19.3 Å². The highest BCUT2D eigenvalue weighted by Gasteiger charge is 2.15. The number of rotatable bonds is 3. The summed E-state index contributed by atoms with van der Waals surface area (Å²) in [5, 5.41) is 8.74. The van der Waals surface area contributed by atoms with Gasteiger partial charge < -0.3 is 10.6 Å². The van der Waals surface area contributed by atoms with Crippen molar-refractivity contribution in [1.29, 1.82) is 5.26 Å². The molecule has 4 nitrogen and oxygen atoms in total. The third-order valence-electron chi connectivity index (χ3n) is 3.10. The lowest BCUT2D eigenvalue weighted by atomic mass is 10.1. The summed E-state index contributed by atoms with van der Waals surface area (Å²) in [6.45, 7) is 0.348. The third kappa shape index (κ3) is 3.37. The predicted molar refractivity (Wildman–Crippen MR) is 77.8 cm³/mol. The van der Waals surface area contributed by atoms with Crippen molar-refractivity contribution in [2.24, 2.45) is 0 Å². The fraction of sp³-hybridized carbons (Fsp3) is 0.125. The molecule has 2 rings (SSSR count). The van der Waals surface area contributed by atoms with Crippen LogP contribution in [0.15, 0.2) is 42.5 Å². The van der Waals surface area contributed by atoms with Crippen LogP contribution in [0.3, 0.4) is 0 Å². The molecule has 0 atom stereocenters. The molecule has 0 saturated carbocycles. The topological polar surface area (TPSA) is 70.1 Å². The first-order chi connectivity index (χ1) is 10.0. The van der Waals surface area contributed by atoms with Gasteiger partial charge in [0.05, 0.1) is 17.2 Å². The van der Waals surface area contributed by atoms with Gasteiger partial charge in [0.2, 0.25) is 0 Å². The first kappa shape index (κ1) is 14.5. The summed E-state index contributed by atoms with van der Waals surface area (Å²) in [5.74, 6) is -0.851. The van der Waals surface area contributed by atoms with E-state index in [0.717, 1.165) is 11.6 Å². The molecule has 0 aromatic heterocycles. The van der Waals surface area contributed by atoms with Gasteiger partial charge in [-0.05, 0) is 35.9 Å². The molecule has 0 saturated heterocycles. The number of hydrogen-bond acceptors (Lipinski definition) is 3. The quantitative estimate of drug-likeness (QED) is 0.880. The van der Waals surface area contributed by atoms with Gasteiger partial charge in [-0.15, -0.1) is 0 Å². The van der Waals surface area contributed by atoms with Crippen LogP contribution < -0.4 is 5.73 Å². The van der Waals surface area contributed by atoms with E-state index in [9.17, 15) is 9.18 Å². The van der Waals surface area contributed by atoms with Crippen molar-refractivity contribution in [3.05, 3.63) is 65.0 Å². The summed E-state index contributed by atoms with van der Waals surface area (Å²) < 4.78 is 13.2. The molecule has 1 amide bonds. The summed E-state index contributed by atoms with van der Waals surface area (Å²) in [5.41, 5.74) is 7.53. The Morgan fingerprint density at radius 1 is 1.29 bits per heavy atom. The number of benzene rings is 2. The maximum Gasteiger partial charge on any atom is 0.256 e. The molecule has 2 aromatic rings. The van der Waals surface area contributed by atoms with Gasteiger partial charge in [-0.3, -0.25) is 4.79 Å². The Bertz CT molecular complexity index is 704. The second-order valence-electron chi connectivity index (χ2n) is 4.70. The standard InChI is InChI=1S/C16H14FN3O/c1-20(10-12-4-2-11(9-18)3-5-12)16(21)14-8-13(17)6-7-15(14)19/h2-8H,10,19H2,1H3. The lowest BCUT2D eigenvalue weighted by molar-refractivity contribution is 0.0785. The van der Waals surface area contributed by atoms with Crippen LogP contribution in [0, 0.1) is 17.1 Å². The molecule has 21 heavy (non-hydrogen) atoms. The second kappa shape index (κ2) is 6.06. The summed E-state index contributed by atoms with van der Waals surface area (Å²) in [6, 6.07) is 12.7. The molecule has 2 N–H and O–H groups in total. The van der Waals surface area contributed by atoms with Gasteiger partial charge in [-0.2, -0.15) is 5.26 Å². The molecule has 0 spiro atoms. The molecule has 2 aromatic carbocycles. The number of nitrogens with two attached hydrogens (primary N) is 1. The number of nitriles is 1. The van der Waals surface area contributed by atoms with E-state index in [-0.39, 0.29) is 17.2 Å². The van der Waals surface area contributed by atoms with Gasteiger partial charge in [0.15, 0.2) is 0 Å². The van der Waals surface area contributed by atoms with Crippen LogP contribution in [0.4, 0.5) is 10.1 Å². The van der Waals surface area contributed by atoms with Crippen molar-refractivity contribution < 1.29 is 9.18 Å². The number of nitrogens with zero attached hydrogens (tertiary/aromatic N) is 2. The summed E-state index contributed by atoms with van der Waals surface area (Å²) in [7, 11) is 1.62. The minimum Gasteiger partial charge on any atom is -0.398 e. The predicted octanol–water partition coefficient (Wildman–Crippen LogP) is 2.55. The molecule has 5 heteroatoms. The maximum absolute atomic E-state index is 13.2. The van der Waals surface area contributed by atoms with Gasteiger partial charge >= 0.3 is 0 Å². The SMILES string of the molecule is CN(Cc1ccc(C#N)cc1)C(=O)c1cc(F)ccc1N. The van der Waals surface area contributed by atoms with Gasteiger partial charge in [-0.1, -0.05) is 12.1 Å². The molecule has 0 bridgehead atoms. The molecular weight excluding hydrogens is 269 g/mol. The van der Waals surface area contributed by atoms with E-state index in [1.807, 2.05) is 6.07 Å². The first-order valence-corrected chi connectivity index (χ1v) is 6.31. The van der Waals surface area contributed by atoms with Crippen LogP contribution in [-0.4, -0.2) is 17.9 Å². The summed E-state index contributed by atoms with van der Waals surface area (Å²) >= 11 is 0. The smallest absolute Gasteiger partial charge is 0.256 e. The fourth-order valence-electron chi connectivity index (χ4n) is 1.95. The van der Waals surface area contributed by atoms with Crippen molar-refractivity contribution in [1.82, 2.24) is 4.90 Å². The Balaban J connectivity index is 2.15. The number of hydrogen-bond donors (Lipinski definition) is 1. The monoisotopic (exact) mass is 283 g/mol. The highest BCUT2D eigenvalue weighted by atomic mass is 19.1. The minimum atomic E-state index is -0.501. The highest BCUT2D eigenvalue weighted by molar-refractivity contribution is 5.98. The molecule has 0 aliphatic carbocycles. The molecule has 0 fully saturated rings. The van der Waals surface area contributed by atoms with Gasteiger partial charge in [-0.25, -0.2) is 4.39 Å². The molecule has 0 unspecified atom stereocenters. The zero-order chi connectivity index (χ0) is 15.4. The Hall–Kier alpha value is -2.87. The first-order valence-electron chi connectivity index (χ1n) is 6.31. The van der Waals surface area contributed by atoms with E-state index in [1.54, 1.807) is 31.3 Å². The lowest BCUT2D eigenvalue weighted by Crippen LogP contribution is -2.27. The number of carbonyl (C=O) groups excluding carboxylic acids is 1. The fourth-order valence-corrected chi connectivity index (χ4v) is 1.95.